The van der Waals surface area contributed by atoms with Gasteiger partial charge < -0.3 is 0 Å². The maximum absolute atomic E-state index is 5.65. The van der Waals surface area contributed by atoms with Gasteiger partial charge in [0.1, 0.15) is 22.4 Å². The molecule has 8 heterocycles. The number of aryl methyl sites for hydroxylation is 7. The Morgan fingerprint density at radius 2 is 0.619 bits per heavy atom. The molecule has 21 rings (SSSR count). The lowest BCUT2D eigenvalue weighted by atomic mass is 9.65. The van der Waals surface area contributed by atoms with E-state index in [9.17, 15) is 0 Å². The summed E-state index contributed by atoms with van der Waals surface area (Å²) in [5, 5.41) is 4.78. The first-order chi connectivity index (χ1) is 72.4. The molecule has 0 amide bonds. The van der Waals surface area contributed by atoms with Gasteiger partial charge in [-0.1, -0.05) is 410 Å². The van der Waals surface area contributed by atoms with E-state index in [0.29, 0.717) is 0 Å². The monoisotopic (exact) mass is 2080 g/mol. The molecule has 4 aliphatic carbocycles. The van der Waals surface area contributed by atoms with E-state index in [0.717, 1.165) is 107 Å². The zero-order chi connectivity index (χ0) is 101. The van der Waals surface area contributed by atoms with E-state index in [-0.39, 0.29) is 0 Å². The van der Waals surface area contributed by atoms with E-state index < -0.39 is 21.7 Å². The minimum Gasteiger partial charge on any atom is -0.172 e. The number of hydrogen-bond acceptors (Lipinski definition) is 11. The van der Waals surface area contributed by atoms with Crippen molar-refractivity contribution in [3.63, 3.8) is 0 Å². The van der Waals surface area contributed by atoms with Crippen LogP contribution in [0.4, 0.5) is 11.4 Å². The van der Waals surface area contributed by atoms with E-state index in [4.69, 9.17) is 24.1 Å². The largest absolute Gasteiger partial charge is 0.172 e. The molecule has 7 aromatic heterocycles. The summed E-state index contributed by atoms with van der Waals surface area (Å²) in [4.78, 5) is 10.4. The lowest BCUT2D eigenvalue weighted by Gasteiger charge is -2.35. The summed E-state index contributed by atoms with van der Waals surface area (Å²) in [6, 6.07) is 85.9. The topological polar surface area (TPSA) is 50.5 Å². The van der Waals surface area contributed by atoms with Crippen LogP contribution in [0.5, 0.6) is 0 Å². The number of fused-ring (bicyclic) bond motifs is 17. The Bertz CT molecular complexity index is 7280. The SMILES string of the molecule is C=C(/C=C\C(=C/C)CCCCCC)C1(c2ccc(CCCCCC)cc2)c2cc(-c3c4c(c(-c5cc6c(s5)-c5cc7c(cc5C6(c5ccc(CCCCCC)cc5)c5ccc(CCCCCC)cc5)-c5sccc5C7(c5ccc(CCCCCC)cc5)c5ccc(CCCCCC)cc5)c5nsnc35)N=S=N4)sc2-c2sc3c4c(sc3c21)-c1sccc1C4(c1ccc(CCCCCC)cc1)c1ccc(CCCCCC)cc1. The van der Waals surface area contributed by atoms with Crippen LogP contribution in [0.15, 0.2) is 262 Å². The molecule has 756 valence electrons. The summed E-state index contributed by atoms with van der Waals surface area (Å²) in [7, 11) is 0. The predicted molar refractivity (Wildman–Crippen MR) is 644 cm³/mol. The van der Waals surface area contributed by atoms with E-state index >= 15 is 0 Å². The smallest absolute Gasteiger partial charge is 0.116 e. The van der Waals surface area contributed by atoms with Crippen molar-refractivity contribution in [2.45, 2.75) is 341 Å². The molecule has 0 saturated heterocycles. The van der Waals surface area contributed by atoms with Gasteiger partial charge >= 0.3 is 0 Å². The molecule has 1 unspecified atom stereocenters. The van der Waals surface area contributed by atoms with Crippen LogP contribution >= 0.6 is 79.7 Å². The van der Waals surface area contributed by atoms with Crippen molar-refractivity contribution in [1.82, 2.24) is 8.75 Å². The number of allylic oxidation sites excluding steroid dienone is 5. The highest BCUT2D eigenvalue weighted by atomic mass is 32.1. The highest BCUT2D eigenvalue weighted by Crippen LogP contribution is 2.73. The molecule has 0 N–H and O–H groups in total. The molecule has 147 heavy (non-hydrogen) atoms. The maximum atomic E-state index is 5.65. The average Bonchev–Trinajstić information content (AvgIpc) is 1.48. The van der Waals surface area contributed by atoms with Gasteiger partial charge in [-0.3, -0.25) is 0 Å². The highest BCUT2D eigenvalue weighted by Gasteiger charge is 2.57. The van der Waals surface area contributed by atoms with Gasteiger partial charge in [-0.25, -0.2) is 0 Å². The number of aromatic nitrogens is 2. The molecule has 0 spiro atoms. The molecular formula is C135H148N4S8. The molecule has 0 radical (unpaired) electrons. The third-order valence-electron chi connectivity index (χ3n) is 33.6. The lowest BCUT2D eigenvalue weighted by molar-refractivity contribution is 0.666. The van der Waals surface area contributed by atoms with Crippen LogP contribution < -0.4 is 0 Å². The average molecular weight is 2080 g/mol. The van der Waals surface area contributed by atoms with E-state index in [2.05, 4.69) is 320 Å². The van der Waals surface area contributed by atoms with Crippen LogP contribution in [0.3, 0.4) is 0 Å². The Morgan fingerprint density at radius 3 is 1.01 bits per heavy atom. The van der Waals surface area contributed by atoms with Crippen molar-refractivity contribution >= 4 is 123 Å². The van der Waals surface area contributed by atoms with Gasteiger partial charge in [-0.05, 0) is 285 Å². The van der Waals surface area contributed by atoms with Gasteiger partial charge in [0.2, 0.25) is 0 Å². The standard InChI is InChI=1S/C135H148N4S8/c1-11-20-28-36-44-91(19-9)53-52-90(10)132(99-68-54-92(55-69-99)45-37-29-21-12-2)113-89-115(143-127(113)129-118(132)130-131(145-129)119-128(144-130)126-109(83-85-141-126)135(119,104-78-64-97(65-79-104)50-42-34-26-17-7)105-80-66-98(67-81-105)51-43-35-27-18-8)117-122-120(136-146-138-122)116(121-123(117)139-147-137-121)114-88-112-125(142-114)107-87-110-106(86-111(107)134(112,102-74-60-95(61-75-102)48-40-32-24-15-5)103-76-62-96(63-77-103)49-41-33-25-16-6)124-108(82-84-140-124)133(110,100-70-56-93(57-71-100)46-38-30-22-13-3)101-72-58-94(59-73-101)47-39-31-23-14-4/h19,52-89H,10-18,20-51H2,1-9H3/b53-52-,91-19-. The quantitative estimate of drug-likeness (QED) is 0.0282. The molecule has 9 aromatic carbocycles. The summed E-state index contributed by atoms with van der Waals surface area (Å²) in [6.45, 7) is 26.4. The second-order valence-corrected chi connectivity index (χ2v) is 50.0. The van der Waals surface area contributed by atoms with Crippen LogP contribution in [0.1, 0.15) is 397 Å². The van der Waals surface area contributed by atoms with Crippen molar-refractivity contribution in [3.05, 3.63) is 375 Å². The number of benzene rings is 9. The summed E-state index contributed by atoms with van der Waals surface area (Å²) in [6.07, 6.45) is 55.3. The summed E-state index contributed by atoms with van der Waals surface area (Å²) in [5.74, 6) is 0. The fourth-order valence-corrected chi connectivity index (χ4v) is 34.7. The minimum absolute atomic E-state index is 0.579. The molecule has 16 aromatic rings. The van der Waals surface area contributed by atoms with Crippen LogP contribution in [0, 0.1) is 0 Å². The van der Waals surface area contributed by atoms with Crippen LogP contribution in [-0.4, -0.2) is 8.75 Å². The zero-order valence-electron chi connectivity index (χ0n) is 88.6. The van der Waals surface area contributed by atoms with Gasteiger partial charge in [0, 0.05) is 46.6 Å². The Hall–Kier alpha value is -9.70. The van der Waals surface area contributed by atoms with Crippen LogP contribution in [-0.2, 0) is 78.0 Å². The lowest BCUT2D eigenvalue weighted by Crippen LogP contribution is -2.30. The highest BCUT2D eigenvalue weighted by molar-refractivity contribution is 7.58. The maximum Gasteiger partial charge on any atom is 0.116 e. The third kappa shape index (κ3) is 19.0. The van der Waals surface area contributed by atoms with E-state index in [1.807, 2.05) is 45.3 Å². The second kappa shape index (κ2) is 46.6. The summed E-state index contributed by atoms with van der Waals surface area (Å²) < 4.78 is 25.4. The van der Waals surface area contributed by atoms with E-state index in [1.54, 1.807) is 0 Å². The van der Waals surface area contributed by atoms with Crippen molar-refractivity contribution in [2.75, 3.05) is 0 Å². The molecule has 1 atom stereocenters. The van der Waals surface area contributed by atoms with E-state index in [1.165, 1.54) is 400 Å². The van der Waals surface area contributed by atoms with Crippen molar-refractivity contribution in [2.24, 2.45) is 8.73 Å². The first-order valence-electron chi connectivity index (χ1n) is 56.8. The van der Waals surface area contributed by atoms with Crippen LogP contribution in [0.2, 0.25) is 0 Å². The van der Waals surface area contributed by atoms with Gasteiger partial charge in [0.05, 0.1) is 68.8 Å². The van der Waals surface area contributed by atoms with Crippen molar-refractivity contribution in [3.8, 4) is 61.3 Å². The fourth-order valence-electron chi connectivity index (χ4n) is 25.7. The number of unbranched alkanes of at least 4 members (excludes halogenated alkanes) is 24. The number of hydrogen-bond donors (Lipinski definition) is 0. The molecule has 0 bridgehead atoms. The number of nitrogens with zero attached hydrogens (tertiary/aromatic N) is 4. The van der Waals surface area contributed by atoms with Gasteiger partial charge in [-0.2, -0.15) is 17.5 Å². The molecule has 0 fully saturated rings. The summed E-state index contributed by atoms with van der Waals surface area (Å²) >= 11 is 14.5. The molecule has 1 aliphatic heterocycles. The predicted octanol–water partition coefficient (Wildman–Crippen LogP) is 42.6. The molecule has 5 aliphatic rings. The van der Waals surface area contributed by atoms with Crippen molar-refractivity contribution in [1.29, 1.82) is 0 Å². The Morgan fingerprint density at radius 1 is 0.293 bits per heavy atom. The molecule has 12 heteroatoms. The number of rotatable bonds is 52. The molecular weight excluding hydrogens is 1930 g/mol. The summed E-state index contributed by atoms with van der Waals surface area (Å²) in [5.41, 5.74) is 37.9. The van der Waals surface area contributed by atoms with Crippen LogP contribution in [0.25, 0.3) is 81.7 Å². The Balaban J connectivity index is 0.782. The zero-order valence-corrected chi connectivity index (χ0v) is 95.1. The number of thiophene rings is 6. The van der Waals surface area contributed by atoms with Crippen molar-refractivity contribution < 1.29 is 0 Å². The second-order valence-electron chi connectivity index (χ2n) is 43.0. The Labute approximate surface area is 909 Å². The normalized spacial score (nSPS) is 15.1. The van der Waals surface area contributed by atoms with Gasteiger partial charge in [0.25, 0.3) is 0 Å². The van der Waals surface area contributed by atoms with Gasteiger partial charge in [0.15, 0.2) is 0 Å². The minimum atomic E-state index is -0.820. The molecule has 0 saturated carbocycles. The fraction of sp³-hybridized carbons (Fsp3) is 0.393. The van der Waals surface area contributed by atoms with Gasteiger partial charge in [-0.15, -0.1) is 68.0 Å². The Kier molecular flexibility index (Phi) is 32.7. The third-order valence-corrected chi connectivity index (χ3v) is 41.7. The first-order valence-corrected chi connectivity index (χ1v) is 63.3. The first kappa shape index (κ1) is 103. The molecule has 4 nitrogen and oxygen atoms in total.